The van der Waals surface area contributed by atoms with E-state index in [-0.39, 0.29) is 0 Å². The summed E-state index contributed by atoms with van der Waals surface area (Å²) in [6, 6.07) is 0. The fourth-order valence-corrected chi connectivity index (χ4v) is 2.18. The van der Waals surface area contributed by atoms with E-state index in [1.54, 1.807) is 6.26 Å². The fraction of sp³-hybridized carbons (Fsp3) is 0.750. The van der Waals surface area contributed by atoms with Crippen molar-refractivity contribution < 1.29 is 4.42 Å². The van der Waals surface area contributed by atoms with Gasteiger partial charge in [0.05, 0.1) is 5.69 Å². The van der Waals surface area contributed by atoms with Crippen molar-refractivity contribution in [2.75, 3.05) is 6.54 Å². The Balaban J connectivity index is 2.05. The van der Waals surface area contributed by atoms with Crippen LogP contribution in [0, 0.1) is 0 Å². The van der Waals surface area contributed by atoms with Crippen LogP contribution < -0.4 is 5.73 Å². The van der Waals surface area contributed by atoms with Gasteiger partial charge in [-0.2, -0.15) is 0 Å². The minimum Gasteiger partial charge on any atom is -0.448 e. The molecule has 1 fully saturated rings. The van der Waals surface area contributed by atoms with Crippen LogP contribution in [0.15, 0.2) is 10.7 Å². The average Bonchev–Trinajstić information content (AvgIpc) is 2.78. The predicted octanol–water partition coefficient (Wildman–Crippen LogP) is 2.78. The van der Waals surface area contributed by atoms with Gasteiger partial charge in [0.1, 0.15) is 6.26 Å². The number of nitrogens with two attached hydrogens (primary N) is 1. The number of hydrogen-bond acceptors (Lipinski definition) is 3. The summed E-state index contributed by atoms with van der Waals surface area (Å²) in [5.74, 6) is 1.80. The first-order chi connectivity index (χ1) is 7.31. The van der Waals surface area contributed by atoms with Gasteiger partial charge in [0.2, 0.25) is 0 Å². The Kier molecular flexibility index (Phi) is 3.41. The summed E-state index contributed by atoms with van der Waals surface area (Å²) >= 11 is 0. The van der Waals surface area contributed by atoms with Crippen molar-refractivity contribution in [1.29, 1.82) is 0 Å². The zero-order valence-electron chi connectivity index (χ0n) is 9.41. The van der Waals surface area contributed by atoms with Crippen LogP contribution in [0.25, 0.3) is 0 Å². The van der Waals surface area contributed by atoms with E-state index in [0.29, 0.717) is 18.4 Å². The Labute approximate surface area is 91.1 Å². The maximum atomic E-state index is 5.61. The summed E-state index contributed by atoms with van der Waals surface area (Å²) in [5, 5.41) is 0. The summed E-state index contributed by atoms with van der Waals surface area (Å²) in [7, 11) is 0. The maximum absolute atomic E-state index is 5.61. The van der Waals surface area contributed by atoms with Crippen molar-refractivity contribution in [3.8, 4) is 0 Å². The Morgan fingerprint density at radius 3 is 2.87 bits per heavy atom. The molecule has 84 valence electrons. The van der Waals surface area contributed by atoms with Crippen LogP contribution in [0.2, 0.25) is 0 Å². The summed E-state index contributed by atoms with van der Waals surface area (Å²) < 4.78 is 5.56. The molecule has 1 atom stereocenters. The average molecular weight is 208 g/mol. The maximum Gasteiger partial charge on any atom is 0.197 e. The van der Waals surface area contributed by atoms with Crippen molar-refractivity contribution in [2.45, 2.75) is 50.9 Å². The van der Waals surface area contributed by atoms with Crippen LogP contribution in [-0.2, 0) is 0 Å². The van der Waals surface area contributed by atoms with Crippen LogP contribution in [0.5, 0.6) is 0 Å². The largest absolute Gasteiger partial charge is 0.448 e. The first-order valence-corrected chi connectivity index (χ1v) is 5.96. The van der Waals surface area contributed by atoms with Crippen LogP contribution >= 0.6 is 0 Å². The van der Waals surface area contributed by atoms with E-state index in [9.17, 15) is 0 Å². The lowest BCUT2D eigenvalue weighted by Crippen LogP contribution is -2.10. The molecule has 0 aromatic carbocycles. The molecule has 1 aliphatic rings. The van der Waals surface area contributed by atoms with E-state index in [4.69, 9.17) is 10.2 Å². The van der Waals surface area contributed by atoms with Crippen LogP contribution in [-0.4, -0.2) is 11.5 Å². The number of nitrogens with zero attached hydrogens (tertiary/aromatic N) is 1. The minimum atomic E-state index is 0.311. The molecule has 1 aliphatic carbocycles. The molecule has 2 rings (SSSR count). The molecule has 0 spiro atoms. The molecule has 15 heavy (non-hydrogen) atoms. The molecule has 0 amide bonds. The molecular weight excluding hydrogens is 188 g/mol. The Morgan fingerprint density at radius 1 is 1.47 bits per heavy atom. The van der Waals surface area contributed by atoms with Gasteiger partial charge in [0.15, 0.2) is 5.89 Å². The van der Waals surface area contributed by atoms with Gasteiger partial charge in [0.25, 0.3) is 0 Å². The highest BCUT2D eigenvalue weighted by Crippen LogP contribution is 2.32. The normalized spacial score (nSPS) is 20.4. The van der Waals surface area contributed by atoms with Gasteiger partial charge in [-0.05, 0) is 12.8 Å². The third-order valence-electron chi connectivity index (χ3n) is 3.35. The summed E-state index contributed by atoms with van der Waals surface area (Å²) in [6.07, 6.45) is 8.24. The second-order valence-electron chi connectivity index (χ2n) is 4.58. The highest BCUT2D eigenvalue weighted by atomic mass is 16.3. The van der Waals surface area contributed by atoms with E-state index in [1.165, 1.54) is 32.1 Å². The first-order valence-electron chi connectivity index (χ1n) is 5.96. The van der Waals surface area contributed by atoms with Crippen molar-refractivity contribution in [1.82, 2.24) is 4.98 Å². The van der Waals surface area contributed by atoms with E-state index in [1.807, 2.05) is 0 Å². The topological polar surface area (TPSA) is 52.0 Å². The summed E-state index contributed by atoms with van der Waals surface area (Å²) in [4.78, 5) is 4.56. The zero-order chi connectivity index (χ0) is 10.7. The van der Waals surface area contributed by atoms with Crippen molar-refractivity contribution in [2.24, 2.45) is 5.73 Å². The summed E-state index contributed by atoms with van der Waals surface area (Å²) in [6.45, 7) is 2.72. The highest BCUT2D eigenvalue weighted by molar-refractivity contribution is 5.06. The molecule has 1 aromatic rings. The molecule has 0 bridgehead atoms. The number of rotatable bonds is 3. The van der Waals surface area contributed by atoms with Gasteiger partial charge >= 0.3 is 0 Å². The van der Waals surface area contributed by atoms with Gasteiger partial charge in [-0.3, -0.25) is 0 Å². The molecule has 0 radical (unpaired) electrons. The van der Waals surface area contributed by atoms with E-state index < -0.39 is 0 Å². The second kappa shape index (κ2) is 4.79. The molecule has 3 heteroatoms. The standard InChI is InChI=1S/C12H20N2O/c1-9(7-13)11-8-15-12(14-11)10-5-3-2-4-6-10/h8-10H,2-7,13H2,1H3. The molecule has 1 heterocycles. The minimum absolute atomic E-state index is 0.311. The van der Waals surface area contributed by atoms with Gasteiger partial charge in [0, 0.05) is 18.4 Å². The van der Waals surface area contributed by atoms with Crippen molar-refractivity contribution in [3.63, 3.8) is 0 Å². The monoisotopic (exact) mass is 208 g/mol. The molecule has 1 aromatic heterocycles. The molecule has 0 aliphatic heterocycles. The van der Waals surface area contributed by atoms with E-state index in [2.05, 4.69) is 11.9 Å². The Hall–Kier alpha value is -0.830. The lowest BCUT2D eigenvalue weighted by Gasteiger charge is -2.17. The number of oxazole rings is 1. The van der Waals surface area contributed by atoms with Crippen LogP contribution in [0.1, 0.15) is 62.4 Å². The Bertz CT molecular complexity index is 302. The van der Waals surface area contributed by atoms with Crippen molar-refractivity contribution >= 4 is 0 Å². The second-order valence-corrected chi connectivity index (χ2v) is 4.58. The quantitative estimate of drug-likeness (QED) is 0.831. The SMILES string of the molecule is CC(CN)c1coc(C2CCCCC2)n1. The first kappa shape index (κ1) is 10.7. The van der Waals surface area contributed by atoms with Crippen molar-refractivity contribution in [3.05, 3.63) is 17.8 Å². The lowest BCUT2D eigenvalue weighted by atomic mass is 9.89. The summed E-state index contributed by atoms with van der Waals surface area (Å²) in [5.41, 5.74) is 6.62. The lowest BCUT2D eigenvalue weighted by molar-refractivity contribution is 0.363. The number of hydrogen-bond donors (Lipinski definition) is 1. The Morgan fingerprint density at radius 2 is 2.20 bits per heavy atom. The van der Waals surface area contributed by atoms with Gasteiger partial charge in [-0.15, -0.1) is 0 Å². The molecular formula is C12H20N2O. The van der Waals surface area contributed by atoms with Gasteiger partial charge in [-0.1, -0.05) is 26.2 Å². The molecule has 2 N–H and O–H groups in total. The number of aromatic nitrogens is 1. The molecule has 1 unspecified atom stereocenters. The zero-order valence-corrected chi connectivity index (χ0v) is 9.41. The molecule has 0 saturated heterocycles. The van der Waals surface area contributed by atoms with E-state index >= 15 is 0 Å². The molecule has 1 saturated carbocycles. The van der Waals surface area contributed by atoms with Gasteiger partial charge in [-0.25, -0.2) is 4.98 Å². The third-order valence-corrected chi connectivity index (χ3v) is 3.35. The highest BCUT2D eigenvalue weighted by Gasteiger charge is 2.21. The van der Waals surface area contributed by atoms with Crippen LogP contribution in [0.3, 0.4) is 0 Å². The third kappa shape index (κ3) is 2.40. The predicted molar refractivity (Wildman–Crippen MR) is 59.8 cm³/mol. The van der Waals surface area contributed by atoms with Gasteiger partial charge < -0.3 is 10.2 Å². The smallest absolute Gasteiger partial charge is 0.197 e. The van der Waals surface area contributed by atoms with E-state index in [0.717, 1.165) is 11.6 Å². The van der Waals surface area contributed by atoms with Crippen LogP contribution in [0.4, 0.5) is 0 Å². The molecule has 3 nitrogen and oxygen atoms in total. The fourth-order valence-electron chi connectivity index (χ4n) is 2.18.